The van der Waals surface area contributed by atoms with Gasteiger partial charge in [-0.25, -0.2) is 8.42 Å². The molecule has 0 unspecified atom stereocenters. The smallest absolute Gasteiger partial charge is 0.241 e. The van der Waals surface area contributed by atoms with E-state index in [1.165, 1.54) is 39.3 Å². The number of hydrogen-bond acceptors (Lipinski definition) is 7. The van der Waals surface area contributed by atoms with Crippen LogP contribution in [0.5, 0.6) is 11.5 Å². The Balaban J connectivity index is 1.90. The first-order chi connectivity index (χ1) is 12.9. The Hall–Kier alpha value is -1.88. The van der Waals surface area contributed by atoms with Gasteiger partial charge in [-0.1, -0.05) is 0 Å². The molecule has 1 amide bonds. The van der Waals surface area contributed by atoms with E-state index in [2.05, 4.69) is 14.9 Å². The van der Waals surface area contributed by atoms with Crippen LogP contribution in [0.2, 0.25) is 0 Å². The van der Waals surface area contributed by atoms with Crippen molar-refractivity contribution in [1.82, 2.24) is 14.9 Å². The van der Waals surface area contributed by atoms with Gasteiger partial charge in [-0.15, -0.1) is 0 Å². The highest BCUT2D eigenvalue weighted by molar-refractivity contribution is 7.89. The van der Waals surface area contributed by atoms with Crippen molar-refractivity contribution < 1.29 is 27.4 Å². The van der Waals surface area contributed by atoms with Crippen LogP contribution in [0.1, 0.15) is 6.92 Å². The Kier molecular flexibility index (Phi) is 7.84. The summed E-state index contributed by atoms with van der Waals surface area (Å²) in [7, 11) is -0.992. The van der Waals surface area contributed by atoms with Crippen LogP contribution in [-0.2, 0) is 19.6 Å². The minimum absolute atomic E-state index is 0.00637. The lowest BCUT2D eigenvalue weighted by Gasteiger charge is -2.26. The second-order valence-corrected chi connectivity index (χ2v) is 7.82. The number of rotatable bonds is 9. The molecule has 0 radical (unpaired) electrons. The van der Waals surface area contributed by atoms with Crippen molar-refractivity contribution >= 4 is 15.9 Å². The number of nitrogens with zero attached hydrogens (tertiary/aromatic N) is 1. The van der Waals surface area contributed by atoms with Crippen molar-refractivity contribution in [3.05, 3.63) is 18.2 Å². The highest BCUT2D eigenvalue weighted by Gasteiger charge is 2.23. The molecule has 1 heterocycles. The summed E-state index contributed by atoms with van der Waals surface area (Å²) in [6, 6.07) is 3.34. The number of methoxy groups -OCH3 is 2. The molecule has 0 aliphatic carbocycles. The Morgan fingerprint density at radius 1 is 1.22 bits per heavy atom. The van der Waals surface area contributed by atoms with Gasteiger partial charge < -0.3 is 19.5 Å². The summed E-state index contributed by atoms with van der Waals surface area (Å²) in [4.78, 5) is 14.4. The summed E-state index contributed by atoms with van der Waals surface area (Å²) in [5.41, 5.74) is 0. The first kappa shape index (κ1) is 21.4. The van der Waals surface area contributed by atoms with Gasteiger partial charge in [0, 0.05) is 32.2 Å². The molecule has 0 aromatic heterocycles. The lowest BCUT2D eigenvalue weighted by Crippen LogP contribution is -2.47. The van der Waals surface area contributed by atoms with E-state index in [1.54, 1.807) is 0 Å². The first-order valence-corrected chi connectivity index (χ1v) is 10.2. The first-order valence-electron chi connectivity index (χ1n) is 8.69. The van der Waals surface area contributed by atoms with Crippen molar-refractivity contribution in [3.8, 4) is 11.5 Å². The Morgan fingerprint density at radius 3 is 2.52 bits per heavy atom. The van der Waals surface area contributed by atoms with Gasteiger partial charge in [0.25, 0.3) is 0 Å². The normalized spacial score (nSPS) is 16.6. The van der Waals surface area contributed by atoms with E-state index < -0.39 is 16.1 Å². The van der Waals surface area contributed by atoms with Gasteiger partial charge in [0.1, 0.15) is 0 Å². The summed E-state index contributed by atoms with van der Waals surface area (Å²) in [6.45, 7) is 5.69. The Labute approximate surface area is 160 Å². The van der Waals surface area contributed by atoms with Crippen molar-refractivity contribution in [2.45, 2.75) is 17.9 Å². The molecule has 2 N–H and O–H groups in total. The summed E-state index contributed by atoms with van der Waals surface area (Å²) >= 11 is 0. The molecule has 152 valence electrons. The number of morpholine rings is 1. The molecular weight excluding hydrogens is 374 g/mol. The van der Waals surface area contributed by atoms with Gasteiger partial charge in [0.05, 0.1) is 38.4 Å². The third kappa shape index (κ3) is 6.06. The van der Waals surface area contributed by atoms with Crippen LogP contribution >= 0.6 is 0 Å². The summed E-state index contributed by atoms with van der Waals surface area (Å²) < 4.78 is 42.9. The minimum Gasteiger partial charge on any atom is -0.493 e. The zero-order valence-corrected chi connectivity index (χ0v) is 16.7. The Bertz CT molecular complexity index is 734. The van der Waals surface area contributed by atoms with Gasteiger partial charge in [-0.3, -0.25) is 9.69 Å². The summed E-state index contributed by atoms with van der Waals surface area (Å²) in [6.07, 6.45) is 0. The number of benzene rings is 1. The average molecular weight is 401 g/mol. The van der Waals surface area contributed by atoms with E-state index in [9.17, 15) is 13.2 Å². The SMILES string of the molecule is COc1ccc(S(=O)(=O)N[C@@H](C)C(=O)NCCN2CCOCC2)cc1OC. The number of hydrogen-bond donors (Lipinski definition) is 2. The average Bonchev–Trinajstić information content (AvgIpc) is 2.67. The molecule has 1 fully saturated rings. The lowest BCUT2D eigenvalue weighted by atomic mass is 10.3. The molecule has 2 rings (SSSR count). The number of nitrogens with one attached hydrogen (secondary N) is 2. The van der Waals surface area contributed by atoms with E-state index in [4.69, 9.17) is 14.2 Å². The molecule has 10 heteroatoms. The molecule has 1 aromatic carbocycles. The second kappa shape index (κ2) is 9.88. The number of amides is 1. The fraction of sp³-hybridized carbons (Fsp3) is 0.588. The molecule has 9 nitrogen and oxygen atoms in total. The van der Waals surface area contributed by atoms with Crippen molar-refractivity contribution in [1.29, 1.82) is 0 Å². The monoisotopic (exact) mass is 401 g/mol. The largest absolute Gasteiger partial charge is 0.493 e. The molecule has 0 spiro atoms. The molecule has 1 aliphatic rings. The quantitative estimate of drug-likeness (QED) is 0.591. The van der Waals surface area contributed by atoms with Crippen LogP contribution < -0.4 is 19.5 Å². The molecule has 27 heavy (non-hydrogen) atoms. The van der Waals surface area contributed by atoms with Crippen molar-refractivity contribution in [3.63, 3.8) is 0 Å². The molecule has 0 saturated carbocycles. The van der Waals surface area contributed by atoms with Crippen LogP contribution in [0.4, 0.5) is 0 Å². The third-order valence-corrected chi connectivity index (χ3v) is 5.76. The molecular formula is C17H27N3O6S. The molecule has 1 aliphatic heterocycles. The fourth-order valence-electron chi connectivity index (χ4n) is 2.65. The maximum absolute atomic E-state index is 12.5. The van der Waals surface area contributed by atoms with Crippen LogP contribution in [-0.4, -0.2) is 78.9 Å². The second-order valence-electron chi connectivity index (χ2n) is 6.10. The maximum Gasteiger partial charge on any atom is 0.241 e. The van der Waals surface area contributed by atoms with Crippen molar-refractivity contribution in [2.75, 3.05) is 53.6 Å². The zero-order valence-electron chi connectivity index (χ0n) is 15.9. The number of carbonyl (C=O) groups is 1. The Morgan fingerprint density at radius 2 is 1.89 bits per heavy atom. The van der Waals surface area contributed by atoms with E-state index in [1.807, 2.05) is 0 Å². The van der Waals surface area contributed by atoms with E-state index >= 15 is 0 Å². The van der Waals surface area contributed by atoms with Crippen LogP contribution in [0.3, 0.4) is 0 Å². The van der Waals surface area contributed by atoms with Gasteiger partial charge in [-0.2, -0.15) is 4.72 Å². The van der Waals surface area contributed by atoms with Gasteiger partial charge in [0.2, 0.25) is 15.9 Å². The highest BCUT2D eigenvalue weighted by Crippen LogP contribution is 2.29. The van der Waals surface area contributed by atoms with E-state index in [-0.39, 0.29) is 10.8 Å². The maximum atomic E-state index is 12.5. The minimum atomic E-state index is -3.88. The van der Waals surface area contributed by atoms with Gasteiger partial charge >= 0.3 is 0 Å². The van der Waals surface area contributed by atoms with E-state index in [0.717, 1.165) is 13.1 Å². The summed E-state index contributed by atoms with van der Waals surface area (Å²) in [5.74, 6) is 0.334. The van der Waals surface area contributed by atoms with Gasteiger partial charge in [0.15, 0.2) is 11.5 Å². The molecule has 1 atom stereocenters. The van der Waals surface area contributed by atoms with Crippen LogP contribution in [0, 0.1) is 0 Å². The zero-order chi connectivity index (χ0) is 19.9. The predicted molar refractivity (Wildman–Crippen MR) is 99.6 cm³/mol. The molecule has 0 bridgehead atoms. The van der Waals surface area contributed by atoms with E-state index in [0.29, 0.717) is 37.8 Å². The number of carbonyl (C=O) groups excluding carboxylic acids is 1. The fourth-order valence-corrected chi connectivity index (χ4v) is 3.87. The van der Waals surface area contributed by atoms with Gasteiger partial charge in [-0.05, 0) is 19.1 Å². The number of ether oxygens (including phenoxy) is 3. The standard InChI is InChI=1S/C17H27N3O6S/c1-13(17(21)18-6-7-20-8-10-26-11-9-20)19-27(22,23)14-4-5-15(24-2)16(12-14)25-3/h4-5,12-13,19H,6-11H2,1-3H3,(H,18,21)/t13-/m0/s1. The third-order valence-electron chi connectivity index (χ3n) is 4.22. The van der Waals surface area contributed by atoms with Crippen molar-refractivity contribution in [2.24, 2.45) is 0 Å². The van der Waals surface area contributed by atoms with Crippen LogP contribution in [0.15, 0.2) is 23.1 Å². The number of sulfonamides is 1. The highest BCUT2D eigenvalue weighted by atomic mass is 32.2. The lowest BCUT2D eigenvalue weighted by molar-refractivity contribution is -0.122. The molecule has 1 saturated heterocycles. The predicted octanol–water partition coefficient (Wildman–Crippen LogP) is -0.181. The summed E-state index contributed by atoms with van der Waals surface area (Å²) in [5, 5.41) is 2.75. The topological polar surface area (TPSA) is 106 Å². The molecule has 1 aromatic rings. The van der Waals surface area contributed by atoms with Crippen LogP contribution in [0.25, 0.3) is 0 Å².